The third-order valence-corrected chi connectivity index (χ3v) is 4.73. The maximum Gasteiger partial charge on any atom is 0.124 e. The molecule has 1 atom stereocenters. The van der Waals surface area contributed by atoms with E-state index < -0.39 is 0 Å². The van der Waals surface area contributed by atoms with Crippen LogP contribution in [-0.2, 0) is 0 Å². The summed E-state index contributed by atoms with van der Waals surface area (Å²) >= 11 is 3.27. The minimum absolute atomic E-state index is 0.0169. The van der Waals surface area contributed by atoms with Crippen LogP contribution in [0.3, 0.4) is 0 Å². The van der Waals surface area contributed by atoms with Crippen molar-refractivity contribution >= 4 is 23.1 Å². The maximum atomic E-state index is 13.0. The molecule has 0 spiro atoms. The number of rotatable bonds is 4. The zero-order valence-electron chi connectivity index (χ0n) is 9.52. The Morgan fingerprint density at radius 3 is 2.88 bits per heavy atom. The van der Waals surface area contributed by atoms with E-state index >= 15 is 0 Å². The largest absolute Gasteiger partial charge is 0.323 e. The number of hydrogen-bond donors (Lipinski definition) is 1. The molecule has 0 radical (unpaired) electrons. The summed E-state index contributed by atoms with van der Waals surface area (Å²) in [6.07, 6.45) is 0. The number of benzene rings is 1. The molecule has 0 saturated heterocycles. The quantitative estimate of drug-likeness (QED) is 0.848. The average molecular weight is 267 g/mol. The topological polar surface area (TPSA) is 26.0 Å². The van der Waals surface area contributed by atoms with Gasteiger partial charge < -0.3 is 5.73 Å². The monoisotopic (exact) mass is 267 g/mol. The lowest BCUT2D eigenvalue weighted by molar-refractivity contribution is 0.624. The number of thioether (sulfide) groups is 1. The summed E-state index contributed by atoms with van der Waals surface area (Å²) in [4.78, 5) is 2.14. The van der Waals surface area contributed by atoms with E-state index in [1.54, 1.807) is 35.2 Å². The van der Waals surface area contributed by atoms with Crippen molar-refractivity contribution in [3.8, 4) is 0 Å². The van der Waals surface area contributed by atoms with Crippen LogP contribution in [0.4, 0.5) is 4.39 Å². The summed E-state index contributed by atoms with van der Waals surface area (Å²) in [7, 11) is 0. The van der Waals surface area contributed by atoms with Crippen LogP contribution in [0.2, 0.25) is 0 Å². The molecule has 0 fully saturated rings. The highest BCUT2D eigenvalue weighted by Gasteiger charge is 2.10. The molecule has 0 aliphatic carbocycles. The van der Waals surface area contributed by atoms with Crippen LogP contribution in [0.15, 0.2) is 40.6 Å². The maximum absolute atomic E-state index is 13.0. The molecule has 0 aliphatic heterocycles. The first-order valence-corrected chi connectivity index (χ1v) is 7.21. The summed E-state index contributed by atoms with van der Waals surface area (Å²) in [5, 5.41) is 2.05. The highest BCUT2D eigenvalue weighted by Crippen LogP contribution is 2.28. The van der Waals surface area contributed by atoms with Gasteiger partial charge in [-0.1, -0.05) is 6.07 Å². The molecule has 4 heteroatoms. The van der Waals surface area contributed by atoms with Crippen LogP contribution in [0, 0.1) is 12.7 Å². The number of halogens is 1. The fourth-order valence-electron chi connectivity index (χ4n) is 1.58. The summed E-state index contributed by atoms with van der Waals surface area (Å²) < 4.78 is 13.0. The van der Waals surface area contributed by atoms with Crippen molar-refractivity contribution in [2.24, 2.45) is 5.73 Å². The van der Waals surface area contributed by atoms with Gasteiger partial charge in [0.15, 0.2) is 0 Å². The fourth-order valence-corrected chi connectivity index (χ4v) is 3.53. The number of nitrogens with two attached hydrogens (primary N) is 1. The summed E-state index contributed by atoms with van der Waals surface area (Å²) in [6, 6.07) is 8.71. The molecular formula is C13H14FNS2. The first-order chi connectivity index (χ1) is 8.16. The zero-order valence-corrected chi connectivity index (χ0v) is 11.2. The van der Waals surface area contributed by atoms with Crippen LogP contribution in [-0.4, -0.2) is 5.75 Å². The SMILES string of the molecule is Cc1ccsc1C(N)CSc1cccc(F)c1. The molecule has 1 unspecified atom stereocenters. The van der Waals surface area contributed by atoms with Gasteiger partial charge in [-0.05, 0) is 42.1 Å². The van der Waals surface area contributed by atoms with E-state index in [1.807, 2.05) is 6.07 Å². The van der Waals surface area contributed by atoms with Crippen molar-refractivity contribution < 1.29 is 4.39 Å². The van der Waals surface area contributed by atoms with Crippen molar-refractivity contribution in [2.45, 2.75) is 17.9 Å². The van der Waals surface area contributed by atoms with Crippen LogP contribution in [0.1, 0.15) is 16.5 Å². The van der Waals surface area contributed by atoms with Crippen molar-refractivity contribution in [3.05, 3.63) is 52.0 Å². The molecule has 1 aromatic heterocycles. The van der Waals surface area contributed by atoms with Crippen LogP contribution < -0.4 is 5.73 Å². The molecule has 17 heavy (non-hydrogen) atoms. The molecule has 0 bridgehead atoms. The second-order valence-corrected chi connectivity index (χ2v) is 5.88. The lowest BCUT2D eigenvalue weighted by atomic mass is 10.2. The molecule has 1 heterocycles. The van der Waals surface area contributed by atoms with Gasteiger partial charge in [-0.15, -0.1) is 23.1 Å². The van der Waals surface area contributed by atoms with Gasteiger partial charge in [0.1, 0.15) is 5.82 Å². The second-order valence-electron chi connectivity index (χ2n) is 3.84. The molecule has 0 amide bonds. The Morgan fingerprint density at radius 2 is 2.24 bits per heavy atom. The smallest absolute Gasteiger partial charge is 0.124 e. The number of aryl methyl sites for hydroxylation is 1. The van der Waals surface area contributed by atoms with E-state index in [1.165, 1.54) is 16.5 Å². The van der Waals surface area contributed by atoms with E-state index in [2.05, 4.69) is 18.4 Å². The minimum Gasteiger partial charge on any atom is -0.323 e. The second kappa shape index (κ2) is 5.67. The van der Waals surface area contributed by atoms with Crippen molar-refractivity contribution in [1.29, 1.82) is 0 Å². The van der Waals surface area contributed by atoms with Gasteiger partial charge in [0.25, 0.3) is 0 Å². The summed E-state index contributed by atoms with van der Waals surface area (Å²) in [6.45, 7) is 2.07. The van der Waals surface area contributed by atoms with E-state index in [0.717, 1.165) is 10.6 Å². The first-order valence-electron chi connectivity index (χ1n) is 5.35. The van der Waals surface area contributed by atoms with E-state index in [-0.39, 0.29) is 11.9 Å². The van der Waals surface area contributed by atoms with E-state index in [0.29, 0.717) is 0 Å². The molecule has 2 rings (SSSR count). The Morgan fingerprint density at radius 1 is 1.41 bits per heavy atom. The Balaban J connectivity index is 1.97. The normalized spacial score (nSPS) is 12.6. The Labute approximate surface area is 109 Å². The Kier molecular flexibility index (Phi) is 4.20. The van der Waals surface area contributed by atoms with Gasteiger partial charge in [-0.25, -0.2) is 4.39 Å². The summed E-state index contributed by atoms with van der Waals surface area (Å²) in [5.74, 6) is 0.570. The van der Waals surface area contributed by atoms with Crippen LogP contribution >= 0.6 is 23.1 Å². The zero-order chi connectivity index (χ0) is 12.3. The van der Waals surface area contributed by atoms with Gasteiger partial charge in [0.2, 0.25) is 0 Å². The molecule has 0 aliphatic rings. The van der Waals surface area contributed by atoms with Gasteiger partial charge in [0, 0.05) is 21.6 Å². The Bertz CT molecular complexity index is 496. The molecular weight excluding hydrogens is 253 g/mol. The average Bonchev–Trinajstić information content (AvgIpc) is 2.72. The van der Waals surface area contributed by atoms with E-state index in [4.69, 9.17) is 5.73 Å². The fraction of sp³-hybridized carbons (Fsp3) is 0.231. The number of hydrogen-bond acceptors (Lipinski definition) is 3. The molecule has 1 aromatic carbocycles. The lowest BCUT2D eigenvalue weighted by Crippen LogP contribution is -2.12. The molecule has 2 aromatic rings. The van der Waals surface area contributed by atoms with Crippen LogP contribution in [0.25, 0.3) is 0 Å². The predicted molar refractivity (Wildman–Crippen MR) is 73.1 cm³/mol. The standard InChI is InChI=1S/C13H14FNS2/c1-9-5-6-16-13(9)12(15)8-17-11-4-2-3-10(14)7-11/h2-7,12H,8,15H2,1H3. The molecule has 2 N–H and O–H groups in total. The van der Waals surface area contributed by atoms with Gasteiger partial charge in [-0.2, -0.15) is 0 Å². The first kappa shape index (κ1) is 12.6. The van der Waals surface area contributed by atoms with Crippen molar-refractivity contribution in [1.82, 2.24) is 0 Å². The van der Waals surface area contributed by atoms with Gasteiger partial charge in [-0.3, -0.25) is 0 Å². The molecule has 1 nitrogen and oxygen atoms in total. The minimum atomic E-state index is -0.198. The highest BCUT2D eigenvalue weighted by atomic mass is 32.2. The Hall–Kier alpha value is -0.840. The van der Waals surface area contributed by atoms with Crippen LogP contribution in [0.5, 0.6) is 0 Å². The molecule has 90 valence electrons. The van der Waals surface area contributed by atoms with Gasteiger partial charge in [0.05, 0.1) is 0 Å². The number of thiophene rings is 1. The molecule has 0 saturated carbocycles. The van der Waals surface area contributed by atoms with Gasteiger partial charge >= 0.3 is 0 Å². The van der Waals surface area contributed by atoms with Crippen molar-refractivity contribution in [3.63, 3.8) is 0 Å². The third-order valence-electron chi connectivity index (χ3n) is 2.46. The summed E-state index contributed by atoms with van der Waals surface area (Å²) in [5.41, 5.74) is 7.36. The lowest BCUT2D eigenvalue weighted by Gasteiger charge is -2.10. The highest BCUT2D eigenvalue weighted by molar-refractivity contribution is 7.99. The van der Waals surface area contributed by atoms with Crippen molar-refractivity contribution in [2.75, 3.05) is 5.75 Å². The predicted octanol–water partition coefficient (Wildman–Crippen LogP) is 3.99. The van der Waals surface area contributed by atoms with E-state index in [9.17, 15) is 4.39 Å². The third kappa shape index (κ3) is 3.31.